The number of sulfonamides is 1. The monoisotopic (exact) mass is 313 g/mol. The Labute approximate surface area is 121 Å². The number of benzene rings is 1. The van der Waals surface area contributed by atoms with Crippen molar-refractivity contribution in [1.29, 1.82) is 0 Å². The highest BCUT2D eigenvalue weighted by molar-refractivity contribution is 7.89. The van der Waals surface area contributed by atoms with Crippen LogP contribution >= 0.6 is 0 Å². The number of piperidine rings is 1. The van der Waals surface area contributed by atoms with E-state index < -0.39 is 15.8 Å². The van der Waals surface area contributed by atoms with Gasteiger partial charge in [-0.25, -0.2) is 17.4 Å². The number of halogens is 1. The molecule has 6 nitrogen and oxygen atoms in total. The molecule has 1 aliphatic heterocycles. The van der Waals surface area contributed by atoms with Crippen LogP contribution in [0.5, 0.6) is 0 Å². The molecular weight excluding hydrogens is 297 g/mol. The molecule has 0 amide bonds. The summed E-state index contributed by atoms with van der Waals surface area (Å²) in [6.45, 7) is 5.13. The van der Waals surface area contributed by atoms with Crippen LogP contribution in [0.1, 0.15) is 26.7 Å². The molecule has 1 fully saturated rings. The molecule has 0 atom stereocenters. The van der Waals surface area contributed by atoms with E-state index in [1.54, 1.807) is 0 Å². The molecular formula is C13H16FN3O3S. The second kappa shape index (κ2) is 4.74. The summed E-state index contributed by atoms with van der Waals surface area (Å²) in [5, 5.41) is 6.95. The molecule has 1 saturated heterocycles. The van der Waals surface area contributed by atoms with E-state index >= 15 is 0 Å². The second-order valence-electron chi connectivity index (χ2n) is 6.08. The first-order chi connectivity index (χ1) is 9.81. The van der Waals surface area contributed by atoms with Crippen molar-refractivity contribution in [2.45, 2.75) is 31.6 Å². The summed E-state index contributed by atoms with van der Waals surface area (Å²) in [5.41, 5.74) is -0.0761. The minimum atomic E-state index is -3.72. The maximum absolute atomic E-state index is 13.6. The number of hydrogen-bond donors (Lipinski definition) is 0. The molecule has 3 rings (SSSR count). The fourth-order valence-corrected chi connectivity index (χ4v) is 4.05. The van der Waals surface area contributed by atoms with Gasteiger partial charge in [-0.1, -0.05) is 13.8 Å². The predicted molar refractivity (Wildman–Crippen MR) is 73.5 cm³/mol. The summed E-state index contributed by atoms with van der Waals surface area (Å²) in [6, 6.07) is 2.30. The molecule has 0 spiro atoms. The molecule has 1 aromatic heterocycles. The van der Waals surface area contributed by atoms with E-state index in [0.29, 0.717) is 13.1 Å². The molecule has 0 aliphatic carbocycles. The summed E-state index contributed by atoms with van der Waals surface area (Å²) in [4.78, 5) is -0.0557. The zero-order chi connectivity index (χ0) is 15.3. The maximum Gasteiger partial charge on any atom is 0.245 e. The summed E-state index contributed by atoms with van der Waals surface area (Å²) >= 11 is 0. The van der Waals surface area contributed by atoms with Gasteiger partial charge in [0.2, 0.25) is 10.0 Å². The Morgan fingerprint density at radius 3 is 2.48 bits per heavy atom. The van der Waals surface area contributed by atoms with E-state index in [4.69, 9.17) is 0 Å². The van der Waals surface area contributed by atoms with Gasteiger partial charge in [-0.15, -0.1) is 0 Å². The van der Waals surface area contributed by atoms with E-state index in [0.717, 1.165) is 18.9 Å². The van der Waals surface area contributed by atoms with Gasteiger partial charge in [0.15, 0.2) is 16.9 Å². The third kappa shape index (κ3) is 2.42. The third-order valence-corrected chi connectivity index (χ3v) is 5.95. The fraction of sp³-hybridized carbons (Fsp3) is 0.538. The van der Waals surface area contributed by atoms with E-state index in [1.165, 1.54) is 10.4 Å². The van der Waals surface area contributed by atoms with Gasteiger partial charge in [0.25, 0.3) is 0 Å². The van der Waals surface area contributed by atoms with Gasteiger partial charge in [-0.05, 0) is 40.7 Å². The van der Waals surface area contributed by atoms with Crippen molar-refractivity contribution in [3.63, 3.8) is 0 Å². The highest BCUT2D eigenvalue weighted by atomic mass is 32.2. The van der Waals surface area contributed by atoms with Gasteiger partial charge >= 0.3 is 0 Å². The van der Waals surface area contributed by atoms with Crippen molar-refractivity contribution in [2.24, 2.45) is 5.41 Å². The molecule has 0 bridgehead atoms. The third-order valence-electron chi connectivity index (χ3n) is 4.02. The summed E-state index contributed by atoms with van der Waals surface area (Å²) in [6.07, 6.45) is 1.57. The highest BCUT2D eigenvalue weighted by Crippen LogP contribution is 2.33. The number of nitrogens with zero attached hydrogens (tertiary/aromatic N) is 3. The number of rotatable bonds is 2. The Bertz CT molecular complexity index is 775. The first-order valence-corrected chi connectivity index (χ1v) is 8.16. The second-order valence-corrected chi connectivity index (χ2v) is 7.98. The topological polar surface area (TPSA) is 76.3 Å². The van der Waals surface area contributed by atoms with Gasteiger partial charge in [0, 0.05) is 13.1 Å². The maximum atomic E-state index is 13.6. The van der Waals surface area contributed by atoms with Crippen molar-refractivity contribution in [3.05, 3.63) is 17.9 Å². The molecule has 8 heteroatoms. The van der Waals surface area contributed by atoms with Gasteiger partial charge in [-0.2, -0.15) is 4.31 Å². The Hall–Kier alpha value is -1.54. The lowest BCUT2D eigenvalue weighted by Crippen LogP contribution is -2.41. The molecule has 21 heavy (non-hydrogen) atoms. The quantitative estimate of drug-likeness (QED) is 0.849. The van der Waals surface area contributed by atoms with Crippen LogP contribution in [0.15, 0.2) is 21.7 Å². The van der Waals surface area contributed by atoms with Gasteiger partial charge < -0.3 is 0 Å². The van der Waals surface area contributed by atoms with Crippen molar-refractivity contribution >= 4 is 21.1 Å². The normalized spacial score (nSPS) is 20.0. The lowest BCUT2D eigenvalue weighted by molar-refractivity contribution is 0.196. The molecule has 0 N–H and O–H groups in total. The minimum Gasteiger partial charge on any atom is -0.243 e. The van der Waals surface area contributed by atoms with Crippen LogP contribution in [-0.4, -0.2) is 36.1 Å². The standard InChI is InChI=1S/C13H16FN3O3S/c1-13(2)5-7-17(8-6-13)21(18,19)10-4-3-9(14)11-12(10)16-20-15-11/h3-4H,5-8H2,1-2H3. The number of fused-ring (bicyclic) bond motifs is 1. The van der Waals surface area contributed by atoms with Crippen LogP contribution in [0.25, 0.3) is 11.0 Å². The van der Waals surface area contributed by atoms with Crippen molar-refractivity contribution < 1.29 is 17.4 Å². The average Bonchev–Trinajstić information content (AvgIpc) is 2.88. The SMILES string of the molecule is CC1(C)CCN(S(=O)(=O)c2ccc(F)c3nonc23)CC1. The van der Waals surface area contributed by atoms with E-state index in [-0.39, 0.29) is 21.3 Å². The van der Waals surface area contributed by atoms with Crippen LogP contribution in [-0.2, 0) is 10.0 Å². The molecule has 1 aromatic carbocycles. The summed E-state index contributed by atoms with van der Waals surface area (Å²) < 4.78 is 44.9. The Kier molecular flexibility index (Phi) is 3.25. The molecule has 114 valence electrons. The lowest BCUT2D eigenvalue weighted by atomic mass is 9.83. The first-order valence-electron chi connectivity index (χ1n) is 6.72. The molecule has 2 aromatic rings. The highest BCUT2D eigenvalue weighted by Gasteiger charge is 2.34. The predicted octanol–water partition coefficient (Wildman–Crippen LogP) is 2.17. The Morgan fingerprint density at radius 1 is 1.19 bits per heavy atom. The largest absolute Gasteiger partial charge is 0.245 e. The van der Waals surface area contributed by atoms with E-state index in [9.17, 15) is 12.8 Å². The van der Waals surface area contributed by atoms with Crippen molar-refractivity contribution in [3.8, 4) is 0 Å². The molecule has 0 unspecified atom stereocenters. The van der Waals surface area contributed by atoms with E-state index in [2.05, 4.69) is 28.8 Å². The first kappa shape index (κ1) is 14.4. The molecule has 0 saturated carbocycles. The van der Waals surface area contributed by atoms with Crippen LogP contribution in [0.3, 0.4) is 0 Å². The summed E-state index contributed by atoms with van der Waals surface area (Å²) in [7, 11) is -3.72. The summed E-state index contributed by atoms with van der Waals surface area (Å²) in [5.74, 6) is -0.648. The number of hydrogen-bond acceptors (Lipinski definition) is 5. The van der Waals surface area contributed by atoms with Gasteiger partial charge in [-0.3, -0.25) is 0 Å². The zero-order valence-electron chi connectivity index (χ0n) is 11.8. The number of aromatic nitrogens is 2. The smallest absolute Gasteiger partial charge is 0.243 e. The van der Waals surface area contributed by atoms with Crippen molar-refractivity contribution in [1.82, 2.24) is 14.6 Å². The van der Waals surface area contributed by atoms with Gasteiger partial charge in [0.05, 0.1) is 0 Å². The van der Waals surface area contributed by atoms with Crippen LogP contribution in [0.2, 0.25) is 0 Å². The Morgan fingerprint density at radius 2 is 1.81 bits per heavy atom. The fourth-order valence-electron chi connectivity index (χ4n) is 2.49. The lowest BCUT2D eigenvalue weighted by Gasteiger charge is -2.36. The zero-order valence-corrected chi connectivity index (χ0v) is 12.7. The molecule has 2 heterocycles. The Balaban J connectivity index is 2.02. The minimum absolute atomic E-state index is 0.0557. The van der Waals surface area contributed by atoms with Crippen molar-refractivity contribution in [2.75, 3.05) is 13.1 Å². The molecule has 1 aliphatic rings. The average molecular weight is 313 g/mol. The molecule has 0 radical (unpaired) electrons. The van der Waals surface area contributed by atoms with Crippen LogP contribution < -0.4 is 0 Å². The van der Waals surface area contributed by atoms with E-state index in [1.807, 2.05) is 0 Å². The van der Waals surface area contributed by atoms with Gasteiger partial charge in [0.1, 0.15) is 4.90 Å². The van der Waals surface area contributed by atoms with Crippen LogP contribution in [0.4, 0.5) is 4.39 Å². The van der Waals surface area contributed by atoms with Crippen LogP contribution in [0, 0.1) is 11.2 Å².